The van der Waals surface area contributed by atoms with Crippen molar-refractivity contribution in [3.05, 3.63) is 35.4 Å². The van der Waals surface area contributed by atoms with Gasteiger partial charge < -0.3 is 4.74 Å². The third-order valence-corrected chi connectivity index (χ3v) is 3.20. The summed E-state index contributed by atoms with van der Waals surface area (Å²) in [5, 5.41) is 0. The molecule has 0 radical (unpaired) electrons. The highest BCUT2D eigenvalue weighted by Gasteiger charge is 2.18. The molecule has 1 atom stereocenters. The Bertz CT molecular complexity index is 406. The van der Waals surface area contributed by atoms with E-state index in [0.717, 1.165) is 19.4 Å². The lowest BCUT2D eigenvalue weighted by atomic mass is 10.0. The van der Waals surface area contributed by atoms with Gasteiger partial charge in [0.1, 0.15) is 17.4 Å². The zero-order chi connectivity index (χ0) is 13.0. The maximum Gasteiger partial charge on any atom is 0.137 e. The molecule has 0 spiro atoms. The quantitative estimate of drug-likeness (QED) is 0.807. The topological polar surface area (TPSA) is 26.3 Å². The zero-order valence-electron chi connectivity index (χ0n) is 10.1. The molecule has 2 rings (SSSR count). The van der Waals surface area contributed by atoms with E-state index in [4.69, 9.17) is 4.74 Å². The van der Waals surface area contributed by atoms with E-state index >= 15 is 0 Å². The van der Waals surface area contributed by atoms with E-state index in [1.165, 1.54) is 18.2 Å². The van der Waals surface area contributed by atoms with Crippen molar-refractivity contribution >= 4 is 5.78 Å². The van der Waals surface area contributed by atoms with E-state index in [-0.39, 0.29) is 23.9 Å². The highest BCUT2D eigenvalue weighted by Crippen LogP contribution is 2.18. The van der Waals surface area contributed by atoms with Crippen molar-refractivity contribution in [2.24, 2.45) is 0 Å². The number of rotatable bonds is 5. The van der Waals surface area contributed by atoms with Crippen molar-refractivity contribution in [3.63, 3.8) is 0 Å². The van der Waals surface area contributed by atoms with Gasteiger partial charge >= 0.3 is 0 Å². The molecule has 0 N–H and O–H groups in total. The van der Waals surface area contributed by atoms with Gasteiger partial charge in [-0.05, 0) is 31.4 Å². The van der Waals surface area contributed by atoms with Crippen LogP contribution in [0.3, 0.4) is 0 Å². The molecule has 0 aliphatic carbocycles. The standard InChI is InChI=1S/C14H16F2O2/c15-13-4-1-5-14(16)12(13)9-10(17)6-7-11-3-2-8-18-11/h1,4-5,11H,2-3,6-9H2. The van der Waals surface area contributed by atoms with E-state index < -0.39 is 11.6 Å². The molecule has 18 heavy (non-hydrogen) atoms. The average Bonchev–Trinajstić information content (AvgIpc) is 2.84. The molecular formula is C14H16F2O2. The van der Waals surface area contributed by atoms with Crippen LogP contribution in [0.15, 0.2) is 18.2 Å². The first-order chi connectivity index (χ1) is 8.66. The average molecular weight is 254 g/mol. The van der Waals surface area contributed by atoms with Crippen LogP contribution in [0.5, 0.6) is 0 Å². The van der Waals surface area contributed by atoms with Gasteiger partial charge in [0.2, 0.25) is 0 Å². The van der Waals surface area contributed by atoms with Gasteiger partial charge in [0.25, 0.3) is 0 Å². The second kappa shape index (κ2) is 6.05. The number of ether oxygens (including phenoxy) is 1. The minimum Gasteiger partial charge on any atom is -0.378 e. The fourth-order valence-corrected chi connectivity index (χ4v) is 2.18. The van der Waals surface area contributed by atoms with Gasteiger partial charge in [0.05, 0.1) is 6.10 Å². The Morgan fingerprint density at radius 1 is 1.33 bits per heavy atom. The first kappa shape index (κ1) is 13.1. The van der Waals surface area contributed by atoms with E-state index in [1.807, 2.05) is 0 Å². The van der Waals surface area contributed by atoms with Gasteiger partial charge in [0, 0.05) is 25.0 Å². The summed E-state index contributed by atoms with van der Waals surface area (Å²) in [4.78, 5) is 11.7. The third-order valence-electron chi connectivity index (χ3n) is 3.20. The fraction of sp³-hybridized carbons (Fsp3) is 0.500. The molecule has 0 bridgehead atoms. The largest absolute Gasteiger partial charge is 0.378 e. The Hall–Kier alpha value is -1.29. The van der Waals surface area contributed by atoms with Crippen LogP contribution in [0.2, 0.25) is 0 Å². The number of carbonyl (C=O) groups is 1. The molecular weight excluding hydrogens is 238 g/mol. The van der Waals surface area contributed by atoms with Crippen molar-refractivity contribution in [2.45, 2.75) is 38.2 Å². The Labute approximate surface area is 105 Å². The summed E-state index contributed by atoms with van der Waals surface area (Å²) in [7, 11) is 0. The molecule has 98 valence electrons. The van der Waals surface area contributed by atoms with E-state index in [9.17, 15) is 13.6 Å². The second-order valence-electron chi connectivity index (χ2n) is 4.59. The van der Waals surface area contributed by atoms with Crippen LogP contribution >= 0.6 is 0 Å². The van der Waals surface area contributed by atoms with Crippen molar-refractivity contribution in [1.82, 2.24) is 0 Å². The maximum atomic E-state index is 13.3. The highest BCUT2D eigenvalue weighted by atomic mass is 19.1. The predicted octanol–water partition coefficient (Wildman–Crippen LogP) is 3.04. The predicted molar refractivity (Wildman–Crippen MR) is 63.3 cm³/mol. The Balaban J connectivity index is 1.86. The van der Waals surface area contributed by atoms with Gasteiger partial charge in [0.15, 0.2) is 0 Å². The molecule has 1 aromatic rings. The summed E-state index contributed by atoms with van der Waals surface area (Å²) in [6.07, 6.45) is 2.93. The van der Waals surface area contributed by atoms with Crippen LogP contribution < -0.4 is 0 Å². The lowest BCUT2D eigenvalue weighted by Gasteiger charge is -2.08. The number of carbonyl (C=O) groups excluding carboxylic acids is 1. The lowest BCUT2D eigenvalue weighted by Crippen LogP contribution is -2.11. The molecule has 1 heterocycles. The summed E-state index contributed by atoms with van der Waals surface area (Å²) in [5.74, 6) is -1.45. The fourth-order valence-electron chi connectivity index (χ4n) is 2.18. The number of hydrogen-bond donors (Lipinski definition) is 0. The minimum absolute atomic E-state index is 0.130. The Kier molecular flexibility index (Phi) is 4.42. The van der Waals surface area contributed by atoms with Crippen LogP contribution in [0, 0.1) is 11.6 Å². The molecule has 1 aliphatic heterocycles. The van der Waals surface area contributed by atoms with E-state index in [2.05, 4.69) is 0 Å². The van der Waals surface area contributed by atoms with Crippen LogP contribution in [0.25, 0.3) is 0 Å². The summed E-state index contributed by atoms with van der Waals surface area (Å²) < 4.78 is 32.1. The highest BCUT2D eigenvalue weighted by molar-refractivity contribution is 5.80. The van der Waals surface area contributed by atoms with Crippen molar-refractivity contribution < 1.29 is 18.3 Å². The summed E-state index contributed by atoms with van der Waals surface area (Å²) >= 11 is 0. The molecule has 0 amide bonds. The summed E-state index contributed by atoms with van der Waals surface area (Å²) in [6.45, 7) is 0.751. The van der Waals surface area contributed by atoms with Crippen LogP contribution in [-0.2, 0) is 16.0 Å². The number of halogens is 2. The molecule has 1 aliphatic rings. The van der Waals surface area contributed by atoms with Crippen molar-refractivity contribution in [2.75, 3.05) is 6.61 Å². The minimum atomic E-state index is -0.652. The molecule has 4 heteroatoms. The monoisotopic (exact) mass is 254 g/mol. The second-order valence-corrected chi connectivity index (χ2v) is 4.59. The van der Waals surface area contributed by atoms with E-state index in [1.54, 1.807) is 0 Å². The zero-order valence-corrected chi connectivity index (χ0v) is 10.1. The van der Waals surface area contributed by atoms with Crippen LogP contribution in [-0.4, -0.2) is 18.5 Å². The van der Waals surface area contributed by atoms with Gasteiger partial charge in [-0.25, -0.2) is 8.78 Å². The van der Waals surface area contributed by atoms with E-state index in [0.29, 0.717) is 12.8 Å². The maximum absolute atomic E-state index is 13.3. The summed E-state index contributed by atoms with van der Waals surface area (Å²) in [5.41, 5.74) is -0.130. The van der Waals surface area contributed by atoms with Crippen LogP contribution in [0.1, 0.15) is 31.2 Å². The van der Waals surface area contributed by atoms with Gasteiger partial charge in [-0.1, -0.05) is 6.07 Å². The first-order valence-corrected chi connectivity index (χ1v) is 6.23. The Morgan fingerprint density at radius 3 is 2.67 bits per heavy atom. The molecule has 0 saturated carbocycles. The number of Topliss-reactive ketones (excluding diaryl/α,β-unsaturated/α-hetero) is 1. The first-order valence-electron chi connectivity index (χ1n) is 6.23. The molecule has 1 fully saturated rings. The van der Waals surface area contributed by atoms with Gasteiger partial charge in [-0.3, -0.25) is 4.79 Å². The number of ketones is 1. The molecule has 1 saturated heterocycles. The van der Waals surface area contributed by atoms with Gasteiger partial charge in [-0.2, -0.15) is 0 Å². The molecule has 1 unspecified atom stereocenters. The third kappa shape index (κ3) is 3.35. The summed E-state index contributed by atoms with van der Waals surface area (Å²) in [6, 6.07) is 3.64. The number of hydrogen-bond acceptors (Lipinski definition) is 2. The molecule has 1 aromatic carbocycles. The lowest BCUT2D eigenvalue weighted by molar-refractivity contribution is -0.119. The molecule has 0 aromatic heterocycles. The normalized spacial score (nSPS) is 19.1. The Morgan fingerprint density at radius 2 is 2.06 bits per heavy atom. The van der Waals surface area contributed by atoms with Gasteiger partial charge in [-0.15, -0.1) is 0 Å². The smallest absolute Gasteiger partial charge is 0.137 e. The SMILES string of the molecule is O=C(CCC1CCCO1)Cc1c(F)cccc1F. The number of benzene rings is 1. The van der Waals surface area contributed by atoms with Crippen molar-refractivity contribution in [1.29, 1.82) is 0 Å². The van der Waals surface area contributed by atoms with Crippen molar-refractivity contribution in [3.8, 4) is 0 Å². The van der Waals surface area contributed by atoms with Crippen LogP contribution in [0.4, 0.5) is 8.78 Å². The molecule has 2 nitrogen and oxygen atoms in total.